The molecule has 0 aliphatic carbocycles. The summed E-state index contributed by atoms with van der Waals surface area (Å²) < 4.78 is 19.1. The summed E-state index contributed by atoms with van der Waals surface area (Å²) in [5.74, 6) is -0.0175. The van der Waals surface area contributed by atoms with Gasteiger partial charge in [0.1, 0.15) is 5.82 Å². The van der Waals surface area contributed by atoms with Crippen molar-refractivity contribution >= 4 is 0 Å². The van der Waals surface area contributed by atoms with Crippen LogP contribution in [-0.2, 0) is 4.74 Å². The molecule has 0 bridgehead atoms. The molecule has 0 radical (unpaired) electrons. The second-order valence-corrected chi connectivity index (χ2v) is 5.49. The zero-order valence-corrected chi connectivity index (χ0v) is 11.4. The van der Waals surface area contributed by atoms with Crippen molar-refractivity contribution in [1.82, 2.24) is 0 Å². The molecular formula is C15H21FO2. The highest BCUT2D eigenvalue weighted by molar-refractivity contribution is 5.26. The van der Waals surface area contributed by atoms with E-state index in [2.05, 4.69) is 6.92 Å². The van der Waals surface area contributed by atoms with E-state index in [4.69, 9.17) is 4.74 Å². The minimum absolute atomic E-state index is 0.00595. The first-order chi connectivity index (χ1) is 8.40. The predicted octanol–water partition coefficient (Wildman–Crippen LogP) is 3.23. The fourth-order valence-electron chi connectivity index (χ4n) is 3.00. The molecule has 1 aliphatic heterocycles. The normalized spacial score (nSPS) is 33.7. The monoisotopic (exact) mass is 252 g/mol. The van der Waals surface area contributed by atoms with Crippen LogP contribution in [0, 0.1) is 24.6 Å². The lowest BCUT2D eigenvalue weighted by molar-refractivity contribution is 0.0230. The third kappa shape index (κ3) is 2.43. The molecule has 1 heterocycles. The molecule has 1 fully saturated rings. The first-order valence-electron chi connectivity index (χ1n) is 6.50. The molecule has 1 aromatic carbocycles. The van der Waals surface area contributed by atoms with Crippen LogP contribution < -0.4 is 0 Å². The fourth-order valence-corrected chi connectivity index (χ4v) is 3.00. The molecular weight excluding hydrogens is 231 g/mol. The van der Waals surface area contributed by atoms with E-state index in [1.165, 1.54) is 12.1 Å². The maximum atomic E-state index is 13.4. The number of aliphatic hydroxyl groups excluding tert-OH is 1. The largest absolute Gasteiger partial charge is 0.388 e. The first kappa shape index (κ1) is 13.5. The van der Waals surface area contributed by atoms with Crippen LogP contribution >= 0.6 is 0 Å². The summed E-state index contributed by atoms with van der Waals surface area (Å²) >= 11 is 0. The van der Waals surface area contributed by atoms with Crippen LogP contribution in [0.5, 0.6) is 0 Å². The Labute approximate surface area is 108 Å². The van der Waals surface area contributed by atoms with Crippen LogP contribution in [0.15, 0.2) is 18.2 Å². The van der Waals surface area contributed by atoms with E-state index < -0.39 is 6.10 Å². The number of benzene rings is 1. The molecule has 1 aromatic rings. The van der Waals surface area contributed by atoms with Gasteiger partial charge in [0.15, 0.2) is 0 Å². The average molecular weight is 252 g/mol. The summed E-state index contributed by atoms with van der Waals surface area (Å²) in [6.07, 6.45) is -0.544. The quantitative estimate of drug-likeness (QED) is 0.875. The Morgan fingerprint density at radius 3 is 2.33 bits per heavy atom. The SMILES string of the molecule is Cc1cc(F)cc(C(O)C2C(C)OC(C)C2C)c1. The molecule has 0 saturated carbocycles. The fraction of sp³-hybridized carbons (Fsp3) is 0.600. The summed E-state index contributed by atoms with van der Waals surface area (Å²) in [4.78, 5) is 0. The van der Waals surface area contributed by atoms with E-state index in [9.17, 15) is 9.50 Å². The molecule has 1 aliphatic rings. The number of ether oxygens (including phenoxy) is 1. The maximum absolute atomic E-state index is 13.4. The highest BCUT2D eigenvalue weighted by Crippen LogP contribution is 2.40. The lowest BCUT2D eigenvalue weighted by Gasteiger charge is -2.25. The predicted molar refractivity (Wildman–Crippen MR) is 68.8 cm³/mol. The van der Waals surface area contributed by atoms with Gasteiger partial charge in [0, 0.05) is 5.92 Å². The number of aryl methyl sites for hydroxylation is 1. The summed E-state index contributed by atoms with van der Waals surface area (Å²) in [6, 6.07) is 4.73. The van der Waals surface area contributed by atoms with Crippen LogP contribution in [0.4, 0.5) is 4.39 Å². The van der Waals surface area contributed by atoms with E-state index in [1.54, 1.807) is 0 Å². The van der Waals surface area contributed by atoms with Gasteiger partial charge in [0.25, 0.3) is 0 Å². The number of rotatable bonds is 2. The van der Waals surface area contributed by atoms with Gasteiger partial charge in [-0.25, -0.2) is 4.39 Å². The van der Waals surface area contributed by atoms with Crippen molar-refractivity contribution in [2.75, 3.05) is 0 Å². The first-order valence-corrected chi connectivity index (χ1v) is 6.50. The van der Waals surface area contributed by atoms with Gasteiger partial charge in [0.05, 0.1) is 18.3 Å². The molecule has 1 saturated heterocycles. The molecule has 0 aromatic heterocycles. The van der Waals surface area contributed by atoms with Crippen molar-refractivity contribution in [3.8, 4) is 0 Å². The van der Waals surface area contributed by atoms with Crippen LogP contribution in [0.3, 0.4) is 0 Å². The third-order valence-electron chi connectivity index (χ3n) is 4.09. The van der Waals surface area contributed by atoms with Crippen molar-refractivity contribution in [1.29, 1.82) is 0 Å². The molecule has 0 spiro atoms. The van der Waals surface area contributed by atoms with Gasteiger partial charge in [-0.3, -0.25) is 0 Å². The Hall–Kier alpha value is -0.930. The Kier molecular flexibility index (Phi) is 3.74. The second-order valence-electron chi connectivity index (χ2n) is 5.49. The summed E-state index contributed by atoms with van der Waals surface area (Å²) in [7, 11) is 0. The van der Waals surface area contributed by atoms with Gasteiger partial charge in [-0.05, 0) is 49.9 Å². The van der Waals surface area contributed by atoms with Crippen LogP contribution in [0.1, 0.15) is 38.0 Å². The highest BCUT2D eigenvalue weighted by atomic mass is 19.1. The standard InChI is InChI=1S/C15H21FO2/c1-8-5-12(7-13(16)6-8)15(17)14-9(2)10(3)18-11(14)4/h5-7,9-11,14-15,17H,1-4H3. The van der Waals surface area contributed by atoms with Gasteiger partial charge in [-0.2, -0.15) is 0 Å². The molecule has 1 N–H and O–H groups in total. The summed E-state index contributed by atoms with van der Waals surface area (Å²) in [5.41, 5.74) is 1.48. The average Bonchev–Trinajstić information content (AvgIpc) is 2.51. The molecule has 18 heavy (non-hydrogen) atoms. The molecule has 2 rings (SSSR count). The van der Waals surface area contributed by atoms with Gasteiger partial charge in [0.2, 0.25) is 0 Å². The van der Waals surface area contributed by atoms with Gasteiger partial charge in [-0.15, -0.1) is 0 Å². The molecule has 0 amide bonds. The van der Waals surface area contributed by atoms with Crippen LogP contribution in [-0.4, -0.2) is 17.3 Å². The highest BCUT2D eigenvalue weighted by Gasteiger charge is 2.41. The van der Waals surface area contributed by atoms with Crippen LogP contribution in [0.25, 0.3) is 0 Å². The van der Waals surface area contributed by atoms with Crippen molar-refractivity contribution in [3.05, 3.63) is 35.1 Å². The van der Waals surface area contributed by atoms with Gasteiger partial charge >= 0.3 is 0 Å². The van der Waals surface area contributed by atoms with Crippen molar-refractivity contribution in [2.45, 2.75) is 46.0 Å². The molecule has 2 nitrogen and oxygen atoms in total. The van der Waals surface area contributed by atoms with Crippen molar-refractivity contribution < 1.29 is 14.2 Å². The Morgan fingerprint density at radius 1 is 1.17 bits per heavy atom. The van der Waals surface area contributed by atoms with Crippen molar-refractivity contribution in [2.24, 2.45) is 11.8 Å². The third-order valence-corrected chi connectivity index (χ3v) is 4.09. The molecule has 5 atom stereocenters. The molecule has 3 heteroatoms. The number of hydrogen-bond acceptors (Lipinski definition) is 2. The number of aliphatic hydroxyl groups is 1. The van der Waals surface area contributed by atoms with E-state index in [1.807, 2.05) is 26.8 Å². The smallest absolute Gasteiger partial charge is 0.123 e. The molecule has 5 unspecified atom stereocenters. The van der Waals surface area contributed by atoms with Gasteiger partial charge < -0.3 is 9.84 Å². The number of halogens is 1. The van der Waals surface area contributed by atoms with E-state index in [0.29, 0.717) is 5.56 Å². The van der Waals surface area contributed by atoms with E-state index in [-0.39, 0.29) is 29.9 Å². The topological polar surface area (TPSA) is 29.5 Å². The number of hydrogen-bond donors (Lipinski definition) is 1. The zero-order chi connectivity index (χ0) is 13.4. The Balaban J connectivity index is 2.28. The second kappa shape index (κ2) is 4.98. The van der Waals surface area contributed by atoms with E-state index in [0.717, 1.165) is 5.56 Å². The summed E-state index contributed by atoms with van der Waals surface area (Å²) in [5, 5.41) is 10.5. The van der Waals surface area contributed by atoms with Gasteiger partial charge in [-0.1, -0.05) is 13.0 Å². The minimum atomic E-state index is -0.672. The van der Waals surface area contributed by atoms with Crippen LogP contribution in [0.2, 0.25) is 0 Å². The maximum Gasteiger partial charge on any atom is 0.123 e. The Bertz CT molecular complexity index is 412. The minimum Gasteiger partial charge on any atom is -0.388 e. The molecule has 100 valence electrons. The lowest BCUT2D eigenvalue weighted by atomic mass is 9.82. The van der Waals surface area contributed by atoms with E-state index >= 15 is 0 Å². The Morgan fingerprint density at radius 2 is 1.83 bits per heavy atom. The lowest BCUT2D eigenvalue weighted by Crippen LogP contribution is -2.25. The summed E-state index contributed by atoms with van der Waals surface area (Å²) in [6.45, 7) is 7.90. The van der Waals surface area contributed by atoms with Crippen molar-refractivity contribution in [3.63, 3.8) is 0 Å². The zero-order valence-electron chi connectivity index (χ0n) is 11.4.